The van der Waals surface area contributed by atoms with Gasteiger partial charge in [0.2, 0.25) is 5.78 Å². The fourth-order valence-corrected chi connectivity index (χ4v) is 2.42. The fraction of sp³-hybridized carbons (Fsp3) is 0.167. The second kappa shape index (κ2) is 5.66. The van der Waals surface area contributed by atoms with Crippen molar-refractivity contribution in [2.24, 2.45) is 0 Å². The first-order chi connectivity index (χ1) is 10.2. The summed E-state index contributed by atoms with van der Waals surface area (Å²) in [6.45, 7) is 0. The standard InChI is InChI=1S/C12H12N4O5S/c1-14(2)22(20,21)15-7-11(13-8-15)12(17)9-4-3-5-10(6-9)16(18)19/h3-8H,1-2H3. The monoisotopic (exact) mass is 324 g/mol. The number of hydrogen-bond donors (Lipinski definition) is 0. The molecule has 2 aromatic rings. The van der Waals surface area contributed by atoms with Gasteiger partial charge in [0.05, 0.1) is 11.1 Å². The molecule has 1 heterocycles. The number of imidazole rings is 1. The molecule has 1 aromatic heterocycles. The second-order valence-corrected chi connectivity index (χ2v) is 6.56. The van der Waals surface area contributed by atoms with Crippen LogP contribution in [-0.4, -0.2) is 46.5 Å². The van der Waals surface area contributed by atoms with Crippen LogP contribution in [0.4, 0.5) is 5.69 Å². The van der Waals surface area contributed by atoms with Gasteiger partial charge in [-0.1, -0.05) is 12.1 Å². The molecule has 0 fully saturated rings. The van der Waals surface area contributed by atoms with Crippen LogP contribution in [0.15, 0.2) is 36.8 Å². The summed E-state index contributed by atoms with van der Waals surface area (Å²) in [5.41, 5.74) is -0.293. The molecule has 0 saturated carbocycles. The number of carbonyl (C=O) groups is 1. The number of aromatic nitrogens is 2. The van der Waals surface area contributed by atoms with E-state index in [4.69, 9.17) is 0 Å². The Bertz CT molecular complexity index is 841. The van der Waals surface area contributed by atoms with Gasteiger partial charge in [0.1, 0.15) is 12.0 Å². The van der Waals surface area contributed by atoms with Gasteiger partial charge in [0.25, 0.3) is 5.69 Å². The number of nitro groups is 1. The number of carbonyl (C=O) groups excluding carboxylic acids is 1. The van der Waals surface area contributed by atoms with Gasteiger partial charge in [-0.3, -0.25) is 14.9 Å². The molecule has 0 aliphatic heterocycles. The fourth-order valence-electron chi connectivity index (χ4n) is 1.65. The van der Waals surface area contributed by atoms with Gasteiger partial charge in [0.15, 0.2) is 0 Å². The highest BCUT2D eigenvalue weighted by Gasteiger charge is 2.20. The molecule has 0 atom stereocenters. The minimum atomic E-state index is -3.77. The lowest BCUT2D eigenvalue weighted by atomic mass is 10.1. The summed E-state index contributed by atoms with van der Waals surface area (Å²) < 4.78 is 25.6. The summed E-state index contributed by atoms with van der Waals surface area (Å²) in [6.07, 6.45) is 2.07. The van der Waals surface area contributed by atoms with Crippen molar-refractivity contribution in [3.05, 3.63) is 58.2 Å². The number of hydrogen-bond acceptors (Lipinski definition) is 6. The predicted molar refractivity (Wildman–Crippen MR) is 76.8 cm³/mol. The van der Waals surface area contributed by atoms with Gasteiger partial charge >= 0.3 is 10.2 Å². The minimum Gasteiger partial charge on any atom is -0.287 e. The highest BCUT2D eigenvalue weighted by Crippen LogP contribution is 2.16. The summed E-state index contributed by atoms with van der Waals surface area (Å²) in [5, 5.41) is 10.7. The third-order valence-electron chi connectivity index (χ3n) is 2.84. The van der Waals surface area contributed by atoms with Gasteiger partial charge < -0.3 is 0 Å². The Morgan fingerprint density at radius 1 is 1.36 bits per heavy atom. The third kappa shape index (κ3) is 2.87. The van der Waals surface area contributed by atoms with Gasteiger partial charge in [-0.25, -0.2) is 8.96 Å². The van der Waals surface area contributed by atoms with Crippen LogP contribution in [0.2, 0.25) is 0 Å². The van der Waals surface area contributed by atoms with E-state index in [1.807, 2.05) is 0 Å². The topological polar surface area (TPSA) is 115 Å². The van der Waals surface area contributed by atoms with Crippen molar-refractivity contribution in [1.29, 1.82) is 0 Å². The van der Waals surface area contributed by atoms with Gasteiger partial charge in [-0.05, 0) is 0 Å². The zero-order chi connectivity index (χ0) is 16.5. The summed E-state index contributed by atoms with van der Waals surface area (Å²) in [4.78, 5) is 26.1. The highest BCUT2D eigenvalue weighted by molar-refractivity contribution is 7.87. The van der Waals surface area contributed by atoms with E-state index in [2.05, 4.69) is 4.98 Å². The maximum absolute atomic E-state index is 12.2. The molecule has 0 radical (unpaired) electrons. The molecule has 9 nitrogen and oxygen atoms in total. The maximum Gasteiger partial charge on any atom is 0.308 e. The molecule has 0 aliphatic rings. The van der Waals surface area contributed by atoms with Crippen molar-refractivity contribution in [3.8, 4) is 0 Å². The number of benzene rings is 1. The summed E-state index contributed by atoms with van der Waals surface area (Å²) >= 11 is 0. The van der Waals surface area contributed by atoms with Crippen molar-refractivity contribution in [2.75, 3.05) is 14.1 Å². The average molecular weight is 324 g/mol. The van der Waals surface area contributed by atoms with Crippen LogP contribution in [0.25, 0.3) is 0 Å². The Balaban J connectivity index is 2.38. The Kier molecular flexibility index (Phi) is 4.06. The van der Waals surface area contributed by atoms with E-state index < -0.39 is 20.9 Å². The predicted octanol–water partition coefficient (Wildman–Crippen LogP) is 0.677. The molecule has 10 heteroatoms. The summed E-state index contributed by atoms with van der Waals surface area (Å²) in [7, 11) is -1.08. The lowest BCUT2D eigenvalue weighted by molar-refractivity contribution is -0.384. The number of ketones is 1. The molecule has 0 amide bonds. The Labute approximate surface area is 126 Å². The highest BCUT2D eigenvalue weighted by atomic mass is 32.2. The van der Waals surface area contributed by atoms with Gasteiger partial charge in [-0.15, -0.1) is 0 Å². The Morgan fingerprint density at radius 2 is 2.05 bits per heavy atom. The van der Waals surface area contributed by atoms with Crippen molar-refractivity contribution in [3.63, 3.8) is 0 Å². The van der Waals surface area contributed by atoms with Crippen LogP contribution in [0.1, 0.15) is 16.1 Å². The smallest absolute Gasteiger partial charge is 0.287 e. The molecule has 0 aliphatic carbocycles. The van der Waals surface area contributed by atoms with E-state index in [-0.39, 0.29) is 16.9 Å². The maximum atomic E-state index is 12.2. The first kappa shape index (κ1) is 15.8. The molecular formula is C12H12N4O5S. The van der Waals surface area contributed by atoms with Crippen LogP contribution >= 0.6 is 0 Å². The van der Waals surface area contributed by atoms with Crippen molar-refractivity contribution in [1.82, 2.24) is 13.3 Å². The number of rotatable bonds is 5. The Morgan fingerprint density at radius 3 is 2.64 bits per heavy atom. The van der Waals surface area contributed by atoms with Crippen LogP contribution in [0, 0.1) is 10.1 Å². The minimum absolute atomic E-state index is 0.0571. The van der Waals surface area contributed by atoms with Crippen molar-refractivity contribution >= 4 is 21.7 Å². The third-order valence-corrected chi connectivity index (χ3v) is 4.50. The van der Waals surface area contributed by atoms with E-state index in [9.17, 15) is 23.3 Å². The summed E-state index contributed by atoms with van der Waals surface area (Å²) in [6, 6.07) is 5.14. The van der Waals surface area contributed by atoms with Crippen molar-refractivity contribution in [2.45, 2.75) is 0 Å². The largest absolute Gasteiger partial charge is 0.308 e. The van der Waals surface area contributed by atoms with E-state index in [0.29, 0.717) is 0 Å². The van der Waals surface area contributed by atoms with Crippen LogP contribution in [0.3, 0.4) is 0 Å². The molecule has 0 unspecified atom stereocenters. The molecule has 0 N–H and O–H groups in total. The zero-order valence-corrected chi connectivity index (χ0v) is 12.5. The van der Waals surface area contributed by atoms with Gasteiger partial charge in [-0.2, -0.15) is 12.7 Å². The van der Waals surface area contributed by atoms with Gasteiger partial charge in [0, 0.05) is 31.8 Å². The van der Waals surface area contributed by atoms with E-state index >= 15 is 0 Å². The average Bonchev–Trinajstić information content (AvgIpc) is 2.96. The molecule has 1 aromatic carbocycles. The van der Waals surface area contributed by atoms with E-state index in [1.54, 1.807) is 0 Å². The number of nitro benzene ring substituents is 1. The first-order valence-electron chi connectivity index (χ1n) is 5.99. The quantitative estimate of drug-likeness (QED) is 0.453. The molecule has 2 rings (SSSR count). The molecular weight excluding hydrogens is 312 g/mol. The van der Waals surface area contributed by atoms with Crippen molar-refractivity contribution < 1.29 is 18.1 Å². The molecule has 0 saturated heterocycles. The van der Waals surface area contributed by atoms with Crippen LogP contribution in [0.5, 0.6) is 0 Å². The SMILES string of the molecule is CN(C)S(=O)(=O)n1cnc(C(=O)c2cccc([N+](=O)[O-])c2)c1. The molecule has 22 heavy (non-hydrogen) atoms. The second-order valence-electron chi connectivity index (χ2n) is 4.52. The molecule has 116 valence electrons. The lowest BCUT2D eigenvalue weighted by Crippen LogP contribution is -2.27. The number of non-ortho nitro benzene ring substituents is 1. The summed E-state index contributed by atoms with van der Waals surface area (Å²) in [5.74, 6) is -0.601. The molecule has 0 spiro atoms. The van der Waals surface area contributed by atoms with E-state index in [1.165, 1.54) is 32.3 Å². The normalized spacial score (nSPS) is 11.6. The first-order valence-corrected chi connectivity index (χ1v) is 7.39. The lowest BCUT2D eigenvalue weighted by Gasteiger charge is -2.10. The van der Waals surface area contributed by atoms with Crippen LogP contribution in [-0.2, 0) is 10.2 Å². The Hall–Kier alpha value is -2.59. The van der Waals surface area contributed by atoms with E-state index in [0.717, 1.165) is 26.9 Å². The molecule has 0 bridgehead atoms. The zero-order valence-electron chi connectivity index (χ0n) is 11.7. The van der Waals surface area contributed by atoms with Crippen LogP contribution < -0.4 is 0 Å². The number of nitrogens with zero attached hydrogens (tertiary/aromatic N) is 4.